The summed E-state index contributed by atoms with van der Waals surface area (Å²) in [5.74, 6) is 0.000876. The Balaban J connectivity index is 1.78. The molecule has 0 radical (unpaired) electrons. The van der Waals surface area contributed by atoms with Crippen molar-refractivity contribution in [3.8, 4) is 11.1 Å². The minimum Gasteiger partial charge on any atom is -0.306 e. The van der Waals surface area contributed by atoms with Crippen LogP contribution in [0.5, 0.6) is 0 Å². The number of hydrogen-bond acceptors (Lipinski definition) is 4. The first kappa shape index (κ1) is 16.1. The van der Waals surface area contributed by atoms with E-state index in [1.165, 1.54) is 0 Å². The molecule has 128 valence electrons. The summed E-state index contributed by atoms with van der Waals surface area (Å²) in [6.07, 6.45) is 11.2. The molecule has 0 fully saturated rings. The molecule has 0 spiro atoms. The molecule has 0 aliphatic heterocycles. The van der Waals surface area contributed by atoms with Crippen molar-refractivity contribution in [1.82, 2.24) is 19.4 Å². The van der Waals surface area contributed by atoms with Crippen molar-refractivity contribution in [2.24, 2.45) is 0 Å². The minimum atomic E-state index is 0.000876. The van der Waals surface area contributed by atoms with E-state index in [0.717, 1.165) is 27.9 Å². The van der Waals surface area contributed by atoms with Crippen LogP contribution in [0.3, 0.4) is 0 Å². The summed E-state index contributed by atoms with van der Waals surface area (Å²) >= 11 is 0. The number of fused-ring (bicyclic) bond motifs is 1. The summed E-state index contributed by atoms with van der Waals surface area (Å²) in [7, 11) is 0. The summed E-state index contributed by atoms with van der Waals surface area (Å²) < 4.78 is 1.89. The number of ketones is 1. The Labute approximate surface area is 151 Å². The number of hydrogen-bond donors (Lipinski definition) is 0. The fraction of sp³-hybridized carbons (Fsp3) is 0.143. The third-order valence-corrected chi connectivity index (χ3v) is 4.45. The molecule has 0 bridgehead atoms. The van der Waals surface area contributed by atoms with Crippen LogP contribution in [0.25, 0.3) is 16.8 Å². The average molecular weight is 342 g/mol. The number of aryl methyl sites for hydroxylation is 2. The summed E-state index contributed by atoms with van der Waals surface area (Å²) in [5.41, 5.74) is 6.15. The van der Waals surface area contributed by atoms with Crippen LogP contribution in [0.15, 0.2) is 61.4 Å². The summed E-state index contributed by atoms with van der Waals surface area (Å²) in [4.78, 5) is 25.9. The fourth-order valence-corrected chi connectivity index (χ4v) is 3.01. The lowest BCUT2D eigenvalue weighted by molar-refractivity contribution is 0.0993. The molecule has 0 saturated carbocycles. The number of aromatic nitrogens is 4. The van der Waals surface area contributed by atoms with Gasteiger partial charge in [-0.3, -0.25) is 14.8 Å². The van der Waals surface area contributed by atoms with Crippen LogP contribution in [0.1, 0.15) is 27.2 Å². The molecule has 4 rings (SSSR count). The first-order chi connectivity index (χ1) is 12.6. The molecule has 4 aromatic rings. The van der Waals surface area contributed by atoms with Gasteiger partial charge in [0.15, 0.2) is 5.78 Å². The zero-order valence-electron chi connectivity index (χ0n) is 14.7. The second kappa shape index (κ2) is 6.52. The highest BCUT2D eigenvalue weighted by atomic mass is 16.1. The highest BCUT2D eigenvalue weighted by Gasteiger charge is 2.16. The SMILES string of the molecule is Cc1ccc(CC(=O)c2cc(-c3cnccc3C)cn3ccnc23)nc1. The van der Waals surface area contributed by atoms with Gasteiger partial charge in [0, 0.05) is 54.0 Å². The highest BCUT2D eigenvalue weighted by Crippen LogP contribution is 2.25. The maximum absolute atomic E-state index is 13.0. The van der Waals surface area contributed by atoms with Gasteiger partial charge in [-0.1, -0.05) is 6.07 Å². The number of rotatable bonds is 4. The largest absolute Gasteiger partial charge is 0.306 e. The quantitative estimate of drug-likeness (QED) is 0.529. The molecule has 0 N–H and O–H groups in total. The van der Waals surface area contributed by atoms with E-state index >= 15 is 0 Å². The first-order valence-electron chi connectivity index (χ1n) is 8.44. The lowest BCUT2D eigenvalue weighted by Crippen LogP contribution is -2.08. The Morgan fingerprint density at radius 1 is 1.08 bits per heavy atom. The Bertz CT molecular complexity index is 1100. The fourth-order valence-electron chi connectivity index (χ4n) is 3.01. The van der Waals surface area contributed by atoms with E-state index in [9.17, 15) is 4.79 Å². The van der Waals surface area contributed by atoms with Crippen LogP contribution in [-0.4, -0.2) is 25.1 Å². The molecule has 26 heavy (non-hydrogen) atoms. The van der Waals surface area contributed by atoms with Gasteiger partial charge in [0.1, 0.15) is 5.65 Å². The molecule has 0 amide bonds. The van der Waals surface area contributed by atoms with E-state index < -0.39 is 0 Å². The average Bonchev–Trinajstić information content (AvgIpc) is 3.11. The van der Waals surface area contributed by atoms with Gasteiger partial charge in [0.25, 0.3) is 0 Å². The zero-order chi connectivity index (χ0) is 18.1. The van der Waals surface area contributed by atoms with Crippen molar-refractivity contribution >= 4 is 11.4 Å². The van der Waals surface area contributed by atoms with Gasteiger partial charge >= 0.3 is 0 Å². The van der Waals surface area contributed by atoms with Crippen LogP contribution < -0.4 is 0 Å². The van der Waals surface area contributed by atoms with E-state index in [0.29, 0.717) is 11.2 Å². The summed E-state index contributed by atoms with van der Waals surface area (Å²) in [6.45, 7) is 4.01. The van der Waals surface area contributed by atoms with Crippen molar-refractivity contribution in [3.05, 3.63) is 83.8 Å². The van der Waals surface area contributed by atoms with E-state index in [1.54, 1.807) is 18.6 Å². The molecular weight excluding hydrogens is 324 g/mol. The van der Waals surface area contributed by atoms with Crippen LogP contribution in [0.2, 0.25) is 0 Å². The van der Waals surface area contributed by atoms with Crippen molar-refractivity contribution in [1.29, 1.82) is 0 Å². The Hall–Kier alpha value is -3.34. The smallest absolute Gasteiger partial charge is 0.172 e. The summed E-state index contributed by atoms with van der Waals surface area (Å²) in [6, 6.07) is 7.73. The second-order valence-corrected chi connectivity index (χ2v) is 6.42. The minimum absolute atomic E-state index is 0.000876. The molecule has 0 aliphatic carbocycles. The molecule has 0 unspecified atom stereocenters. The molecule has 0 aliphatic rings. The van der Waals surface area contributed by atoms with E-state index in [-0.39, 0.29) is 12.2 Å². The molecule has 0 aromatic carbocycles. The number of carbonyl (C=O) groups is 1. The normalized spacial score (nSPS) is 11.0. The number of Topliss-reactive ketones (excluding diaryl/α,β-unsaturated/α-hetero) is 1. The lowest BCUT2D eigenvalue weighted by Gasteiger charge is -2.10. The van der Waals surface area contributed by atoms with Gasteiger partial charge in [-0.15, -0.1) is 0 Å². The van der Waals surface area contributed by atoms with Crippen LogP contribution in [-0.2, 0) is 6.42 Å². The highest BCUT2D eigenvalue weighted by molar-refractivity contribution is 6.03. The molecule has 5 heteroatoms. The number of pyridine rings is 3. The van der Waals surface area contributed by atoms with Gasteiger partial charge in [0.05, 0.1) is 12.0 Å². The van der Waals surface area contributed by atoms with E-state index in [1.807, 2.05) is 61.1 Å². The standard InChI is InChI=1S/C21H18N4O/c1-14-3-4-17(24-11-14)10-20(26)18-9-16(13-25-8-7-23-21(18)25)19-12-22-6-5-15(19)2/h3-9,11-13H,10H2,1-2H3. The van der Waals surface area contributed by atoms with Crippen LogP contribution in [0.4, 0.5) is 0 Å². The number of nitrogens with zero attached hydrogens (tertiary/aromatic N) is 4. The predicted molar refractivity (Wildman–Crippen MR) is 100 cm³/mol. The number of imidazole rings is 1. The third-order valence-electron chi connectivity index (χ3n) is 4.45. The van der Waals surface area contributed by atoms with Crippen molar-refractivity contribution in [2.75, 3.05) is 0 Å². The Kier molecular flexibility index (Phi) is 4.05. The first-order valence-corrected chi connectivity index (χ1v) is 8.44. The third kappa shape index (κ3) is 2.99. The molecule has 4 heterocycles. The molecule has 0 saturated heterocycles. The topological polar surface area (TPSA) is 60.2 Å². The van der Waals surface area contributed by atoms with Gasteiger partial charge in [0.2, 0.25) is 0 Å². The Morgan fingerprint density at radius 3 is 2.73 bits per heavy atom. The molecule has 0 atom stereocenters. The van der Waals surface area contributed by atoms with Gasteiger partial charge in [-0.2, -0.15) is 0 Å². The van der Waals surface area contributed by atoms with E-state index in [4.69, 9.17) is 0 Å². The zero-order valence-corrected chi connectivity index (χ0v) is 14.7. The monoisotopic (exact) mass is 342 g/mol. The molecule has 5 nitrogen and oxygen atoms in total. The summed E-state index contributed by atoms with van der Waals surface area (Å²) in [5, 5.41) is 0. The van der Waals surface area contributed by atoms with Crippen LogP contribution in [0, 0.1) is 13.8 Å². The van der Waals surface area contributed by atoms with Gasteiger partial charge < -0.3 is 4.40 Å². The van der Waals surface area contributed by atoms with Crippen molar-refractivity contribution in [3.63, 3.8) is 0 Å². The van der Waals surface area contributed by atoms with Gasteiger partial charge in [-0.25, -0.2) is 4.98 Å². The Morgan fingerprint density at radius 2 is 1.96 bits per heavy atom. The predicted octanol–water partition coefficient (Wildman–Crippen LogP) is 3.83. The van der Waals surface area contributed by atoms with Crippen molar-refractivity contribution in [2.45, 2.75) is 20.3 Å². The lowest BCUT2D eigenvalue weighted by atomic mass is 10.00. The number of carbonyl (C=O) groups excluding carboxylic acids is 1. The molecule has 4 aromatic heterocycles. The van der Waals surface area contributed by atoms with Crippen LogP contribution >= 0.6 is 0 Å². The van der Waals surface area contributed by atoms with Crippen molar-refractivity contribution < 1.29 is 4.79 Å². The maximum atomic E-state index is 13.0. The van der Waals surface area contributed by atoms with E-state index in [2.05, 4.69) is 15.0 Å². The maximum Gasteiger partial charge on any atom is 0.172 e. The molecular formula is C21H18N4O. The second-order valence-electron chi connectivity index (χ2n) is 6.42. The van der Waals surface area contributed by atoms with Gasteiger partial charge in [-0.05, 0) is 43.2 Å².